The molecule has 9 nitrogen and oxygen atoms in total. The number of anilines is 2. The molecule has 1 aliphatic heterocycles. The first-order chi connectivity index (χ1) is 13.6. The van der Waals surface area contributed by atoms with Crippen LogP contribution >= 0.6 is 0 Å². The highest BCUT2D eigenvalue weighted by Crippen LogP contribution is 2.38. The van der Waals surface area contributed by atoms with Crippen molar-refractivity contribution in [1.29, 1.82) is 0 Å². The highest BCUT2D eigenvalue weighted by atomic mass is 16.6. The minimum absolute atomic E-state index is 0.00221. The maximum atomic E-state index is 12.2. The van der Waals surface area contributed by atoms with E-state index in [0.717, 1.165) is 37.7 Å². The lowest BCUT2D eigenvalue weighted by atomic mass is 10.2. The quantitative estimate of drug-likeness (QED) is 0.602. The van der Waals surface area contributed by atoms with Crippen molar-refractivity contribution < 1.29 is 9.72 Å². The molecule has 2 aromatic rings. The van der Waals surface area contributed by atoms with E-state index in [-0.39, 0.29) is 18.1 Å². The second-order valence-electron chi connectivity index (χ2n) is 7.21. The predicted molar refractivity (Wildman–Crippen MR) is 104 cm³/mol. The standard InChI is InChI=1S/C19H22N6O3/c26-19(20-15-3-5-16(6-4-15)25(27)28)13-23-9-11-24(12-10-23)18-8-7-17(21-22-18)14-1-2-14/h3-8,14H,1-2,9-13H2,(H,20,26). The molecule has 1 N–H and O–H groups in total. The van der Waals surface area contributed by atoms with Gasteiger partial charge in [-0.05, 0) is 37.1 Å². The monoisotopic (exact) mass is 382 g/mol. The molecule has 0 unspecified atom stereocenters. The van der Waals surface area contributed by atoms with E-state index in [4.69, 9.17) is 0 Å². The van der Waals surface area contributed by atoms with Gasteiger partial charge in [-0.1, -0.05) is 0 Å². The summed E-state index contributed by atoms with van der Waals surface area (Å²) < 4.78 is 0. The minimum atomic E-state index is -0.463. The van der Waals surface area contributed by atoms with Crippen LogP contribution in [0, 0.1) is 10.1 Å². The van der Waals surface area contributed by atoms with Gasteiger partial charge in [0.1, 0.15) is 0 Å². The summed E-state index contributed by atoms with van der Waals surface area (Å²) in [4.78, 5) is 26.7. The van der Waals surface area contributed by atoms with Crippen molar-refractivity contribution >= 4 is 23.1 Å². The van der Waals surface area contributed by atoms with Crippen LogP contribution in [0.25, 0.3) is 0 Å². The zero-order valence-electron chi connectivity index (χ0n) is 15.5. The molecule has 1 aromatic carbocycles. The number of hydrogen-bond acceptors (Lipinski definition) is 7. The number of rotatable bonds is 6. The van der Waals surface area contributed by atoms with Gasteiger partial charge in [-0.2, -0.15) is 5.10 Å². The van der Waals surface area contributed by atoms with Crippen molar-refractivity contribution in [1.82, 2.24) is 15.1 Å². The van der Waals surface area contributed by atoms with E-state index in [1.165, 1.54) is 37.1 Å². The van der Waals surface area contributed by atoms with E-state index in [2.05, 4.69) is 31.4 Å². The van der Waals surface area contributed by atoms with Crippen LogP contribution in [0.1, 0.15) is 24.5 Å². The molecule has 1 amide bonds. The molecule has 0 bridgehead atoms. The number of nitro benzene ring substituents is 1. The van der Waals surface area contributed by atoms with Gasteiger partial charge in [-0.3, -0.25) is 19.8 Å². The Morgan fingerprint density at radius 1 is 1.07 bits per heavy atom. The summed E-state index contributed by atoms with van der Waals surface area (Å²) >= 11 is 0. The molecular weight excluding hydrogens is 360 g/mol. The Labute approximate surface area is 162 Å². The van der Waals surface area contributed by atoms with Gasteiger partial charge in [0, 0.05) is 49.9 Å². The summed E-state index contributed by atoms with van der Waals surface area (Å²) in [5.74, 6) is 1.36. The van der Waals surface area contributed by atoms with E-state index in [1.54, 1.807) is 0 Å². The van der Waals surface area contributed by atoms with Crippen LogP contribution in [0.15, 0.2) is 36.4 Å². The van der Waals surface area contributed by atoms with E-state index in [1.807, 2.05) is 6.07 Å². The van der Waals surface area contributed by atoms with Crippen molar-refractivity contribution in [2.75, 3.05) is 42.9 Å². The predicted octanol–water partition coefficient (Wildman–Crippen LogP) is 2.02. The number of hydrogen-bond donors (Lipinski definition) is 1. The first-order valence-electron chi connectivity index (χ1n) is 9.44. The molecule has 0 radical (unpaired) electrons. The molecule has 28 heavy (non-hydrogen) atoms. The van der Waals surface area contributed by atoms with Gasteiger partial charge in [0.25, 0.3) is 5.69 Å². The third-order valence-electron chi connectivity index (χ3n) is 5.09. The fraction of sp³-hybridized carbons (Fsp3) is 0.421. The Balaban J connectivity index is 1.24. The van der Waals surface area contributed by atoms with E-state index >= 15 is 0 Å². The maximum Gasteiger partial charge on any atom is 0.269 e. The fourth-order valence-electron chi connectivity index (χ4n) is 3.31. The number of nitrogens with zero attached hydrogens (tertiary/aromatic N) is 5. The first-order valence-corrected chi connectivity index (χ1v) is 9.44. The average Bonchev–Trinajstić information content (AvgIpc) is 3.54. The number of non-ortho nitro benzene ring substituents is 1. The van der Waals surface area contributed by atoms with E-state index < -0.39 is 4.92 Å². The molecule has 9 heteroatoms. The van der Waals surface area contributed by atoms with Gasteiger partial charge < -0.3 is 10.2 Å². The van der Waals surface area contributed by atoms with Crippen LogP contribution in [0.2, 0.25) is 0 Å². The van der Waals surface area contributed by atoms with Crippen LogP contribution < -0.4 is 10.2 Å². The summed E-state index contributed by atoms with van der Waals surface area (Å²) in [6.45, 7) is 3.40. The Kier molecular flexibility index (Phi) is 5.16. The Morgan fingerprint density at radius 3 is 2.36 bits per heavy atom. The van der Waals surface area contributed by atoms with Crippen molar-refractivity contribution in [2.45, 2.75) is 18.8 Å². The van der Waals surface area contributed by atoms with Gasteiger partial charge in [0.2, 0.25) is 5.91 Å². The van der Waals surface area contributed by atoms with Crippen LogP contribution in [0.5, 0.6) is 0 Å². The minimum Gasteiger partial charge on any atom is -0.353 e. The van der Waals surface area contributed by atoms with Crippen molar-refractivity contribution in [2.24, 2.45) is 0 Å². The summed E-state index contributed by atoms with van der Waals surface area (Å²) in [6, 6.07) is 9.95. The van der Waals surface area contributed by atoms with Crippen molar-refractivity contribution in [3.8, 4) is 0 Å². The number of amides is 1. The number of carbonyl (C=O) groups is 1. The van der Waals surface area contributed by atoms with Gasteiger partial charge in [-0.15, -0.1) is 5.10 Å². The molecule has 2 fully saturated rings. The lowest BCUT2D eigenvalue weighted by molar-refractivity contribution is -0.384. The Bertz CT molecular complexity index is 843. The molecule has 1 aromatic heterocycles. The van der Waals surface area contributed by atoms with Crippen LogP contribution in [-0.4, -0.2) is 58.7 Å². The van der Waals surface area contributed by atoms with Gasteiger partial charge in [0.15, 0.2) is 5.82 Å². The van der Waals surface area contributed by atoms with Gasteiger partial charge in [0.05, 0.1) is 17.2 Å². The summed E-state index contributed by atoms with van der Waals surface area (Å²) in [7, 11) is 0. The van der Waals surface area contributed by atoms with Crippen molar-refractivity contribution in [3.05, 3.63) is 52.2 Å². The number of nitro groups is 1. The third-order valence-corrected chi connectivity index (χ3v) is 5.09. The van der Waals surface area contributed by atoms with Crippen LogP contribution in [0.4, 0.5) is 17.2 Å². The number of carbonyl (C=O) groups excluding carboxylic acids is 1. The first kappa shape index (κ1) is 18.3. The normalized spacial score (nSPS) is 17.4. The van der Waals surface area contributed by atoms with Crippen LogP contribution in [-0.2, 0) is 4.79 Å². The zero-order valence-corrected chi connectivity index (χ0v) is 15.5. The molecule has 1 saturated heterocycles. The van der Waals surface area contributed by atoms with Gasteiger partial charge >= 0.3 is 0 Å². The topological polar surface area (TPSA) is 104 Å². The zero-order chi connectivity index (χ0) is 19.5. The van der Waals surface area contributed by atoms with E-state index in [0.29, 0.717) is 11.6 Å². The molecular formula is C19H22N6O3. The summed E-state index contributed by atoms with van der Waals surface area (Å²) in [6.07, 6.45) is 2.43. The maximum absolute atomic E-state index is 12.2. The molecule has 4 rings (SSSR count). The number of nitrogens with one attached hydrogen (secondary N) is 1. The summed E-state index contributed by atoms with van der Waals surface area (Å²) in [5, 5.41) is 22.1. The molecule has 146 valence electrons. The molecule has 2 heterocycles. The molecule has 1 saturated carbocycles. The Hall–Kier alpha value is -3.07. The number of benzene rings is 1. The molecule has 2 aliphatic rings. The van der Waals surface area contributed by atoms with Crippen LogP contribution in [0.3, 0.4) is 0 Å². The Morgan fingerprint density at radius 2 is 1.79 bits per heavy atom. The second kappa shape index (κ2) is 7.89. The highest BCUT2D eigenvalue weighted by Gasteiger charge is 2.26. The lowest BCUT2D eigenvalue weighted by Crippen LogP contribution is -2.49. The van der Waals surface area contributed by atoms with Gasteiger partial charge in [-0.25, -0.2) is 0 Å². The molecule has 0 atom stereocenters. The van der Waals surface area contributed by atoms with Crippen molar-refractivity contribution in [3.63, 3.8) is 0 Å². The third kappa shape index (κ3) is 4.42. The largest absolute Gasteiger partial charge is 0.353 e. The highest BCUT2D eigenvalue weighted by molar-refractivity contribution is 5.92. The molecule has 0 spiro atoms. The SMILES string of the molecule is O=C(CN1CCN(c2ccc(C3CC3)nn2)CC1)Nc1ccc([N+](=O)[O-])cc1. The molecule has 1 aliphatic carbocycles. The number of piperazine rings is 1. The smallest absolute Gasteiger partial charge is 0.269 e. The fourth-order valence-corrected chi connectivity index (χ4v) is 3.31. The van der Waals surface area contributed by atoms with E-state index in [9.17, 15) is 14.9 Å². The average molecular weight is 382 g/mol. The lowest BCUT2D eigenvalue weighted by Gasteiger charge is -2.34. The second-order valence-corrected chi connectivity index (χ2v) is 7.21. The number of aromatic nitrogens is 2. The summed E-state index contributed by atoms with van der Waals surface area (Å²) in [5.41, 5.74) is 1.65.